The van der Waals surface area contributed by atoms with Crippen LogP contribution in [0.25, 0.3) is 50.2 Å². The summed E-state index contributed by atoms with van der Waals surface area (Å²) in [5, 5.41) is 8.87. The first-order valence-electron chi connectivity index (χ1n) is 26.1. The van der Waals surface area contributed by atoms with E-state index in [1.807, 2.05) is 113 Å². The summed E-state index contributed by atoms with van der Waals surface area (Å²) in [5.41, 5.74) is 6.69. The molecule has 2 fully saturated rings. The Morgan fingerprint density at radius 2 is 1.03 bits per heavy atom. The number of H-pyrrole nitrogens is 1. The molecule has 12 rings (SSSR count). The van der Waals surface area contributed by atoms with Crippen LogP contribution in [0.15, 0.2) is 159 Å². The molecule has 0 amide bonds. The lowest BCUT2D eigenvalue weighted by Gasteiger charge is -2.46. The van der Waals surface area contributed by atoms with E-state index in [0.717, 1.165) is 35.8 Å². The molecule has 2 N–H and O–H groups in total. The summed E-state index contributed by atoms with van der Waals surface area (Å²) in [6, 6.07) is 37.6. The van der Waals surface area contributed by atoms with Crippen molar-refractivity contribution in [2.75, 3.05) is 83.4 Å². The maximum absolute atomic E-state index is 13.2. The number of nitrogens with one attached hydrogen (secondary N) is 2. The van der Waals surface area contributed by atoms with E-state index in [1.165, 1.54) is 68.0 Å². The highest BCUT2D eigenvalue weighted by Crippen LogP contribution is 2.42. The van der Waals surface area contributed by atoms with E-state index < -0.39 is 0 Å². The van der Waals surface area contributed by atoms with Gasteiger partial charge in [0.1, 0.15) is 16.2 Å². The third-order valence-electron chi connectivity index (χ3n) is 14.5. The number of anilines is 3. The molecule has 8 heterocycles. The third-order valence-corrected chi connectivity index (χ3v) is 15.6. The number of aromatic amines is 1. The molecule has 0 bridgehead atoms. The summed E-state index contributed by atoms with van der Waals surface area (Å²) in [4.78, 5) is 69.0. The van der Waals surface area contributed by atoms with Crippen LogP contribution in [0.2, 0.25) is 0 Å². The molecule has 2 saturated heterocycles. The van der Waals surface area contributed by atoms with Crippen molar-refractivity contribution in [1.82, 2.24) is 63.3 Å². The molecule has 0 saturated carbocycles. The maximum Gasteiger partial charge on any atom is 0.278 e. The fourth-order valence-corrected chi connectivity index (χ4v) is 10.8. The Morgan fingerprint density at radius 3 is 1.54 bits per heavy atom. The number of hydrogen-bond acceptors (Lipinski definition) is 16. The Kier molecular flexibility index (Phi) is 17.1. The van der Waals surface area contributed by atoms with Crippen molar-refractivity contribution in [3.05, 3.63) is 165 Å². The van der Waals surface area contributed by atoms with Gasteiger partial charge in [0.25, 0.3) is 16.7 Å². The monoisotopic (exact) mass is 1100 g/mol. The minimum Gasteiger partial charge on any atom is -0.383 e. The van der Waals surface area contributed by atoms with E-state index in [9.17, 15) is 14.4 Å². The van der Waals surface area contributed by atoms with Gasteiger partial charge in [0.2, 0.25) is 5.95 Å². The average Bonchev–Trinajstić information content (AvgIpc) is 4.31. The number of piperidine rings is 2. The number of hydrogen-bond donors (Lipinski definition) is 2. The topological polar surface area (TPSA) is 206 Å². The van der Waals surface area contributed by atoms with E-state index in [2.05, 4.69) is 76.4 Å². The third kappa shape index (κ3) is 11.9. The van der Waals surface area contributed by atoms with Gasteiger partial charge in [-0.2, -0.15) is 4.98 Å². The first-order valence-corrected chi connectivity index (χ1v) is 28.5. The van der Waals surface area contributed by atoms with Crippen LogP contribution in [0.3, 0.4) is 0 Å². The quantitative estimate of drug-likeness (QED) is 0.0780. The summed E-state index contributed by atoms with van der Waals surface area (Å²) in [5.74, 6) is 0.450. The minimum atomic E-state index is -0.179. The highest BCUT2D eigenvalue weighted by molar-refractivity contribution is 7.98. The molecule has 0 radical (unpaired) electrons. The summed E-state index contributed by atoms with van der Waals surface area (Å²) in [7, 11) is 5.49. The predicted molar refractivity (Wildman–Crippen MR) is 313 cm³/mol. The molecule has 79 heavy (non-hydrogen) atoms. The zero-order chi connectivity index (χ0) is 54.9. The molecule has 6 aromatic heterocycles. The SMILES string of the molecule is COCCn1c(=O)c2cnc(Nc3ccc(N4CCC5(CCN(C)CC5)CC4)cc3)nc2n1-c1ccccc1.COCCn1c(=O)c2cnc(SC)nc2n1-c1ccccc1.CSc1ncc2c(=O)[nH]n(-c3ccccc3)c2n1. The van der Waals surface area contributed by atoms with Crippen molar-refractivity contribution in [1.29, 1.82) is 0 Å². The molecule has 2 aliphatic heterocycles. The Balaban J connectivity index is 0.000000148. The van der Waals surface area contributed by atoms with E-state index in [1.54, 1.807) is 46.9 Å². The number of ether oxygens (including phenoxy) is 2. The van der Waals surface area contributed by atoms with E-state index in [0.29, 0.717) is 81.1 Å². The van der Waals surface area contributed by atoms with E-state index in [-0.39, 0.29) is 16.7 Å². The predicted octanol–water partition coefficient (Wildman–Crippen LogP) is 8.07. The first kappa shape index (κ1) is 54.5. The van der Waals surface area contributed by atoms with Gasteiger partial charge in [0.15, 0.2) is 27.3 Å². The molecular formula is C57H63N15O5S2. The van der Waals surface area contributed by atoms with Crippen LogP contribution in [0, 0.1) is 5.41 Å². The second kappa shape index (κ2) is 24.8. The molecule has 22 heteroatoms. The number of likely N-dealkylation sites (tertiary alicyclic amines) is 1. The largest absolute Gasteiger partial charge is 0.383 e. The number of methoxy groups -OCH3 is 2. The summed E-state index contributed by atoms with van der Waals surface area (Å²) in [6.45, 7) is 6.44. The van der Waals surface area contributed by atoms with Gasteiger partial charge in [-0.05, 0) is 124 Å². The highest BCUT2D eigenvalue weighted by Gasteiger charge is 2.37. The Bertz CT molecular complexity index is 3830. The standard InChI is InChI=1S/C30H37N7O2.C15H16N4O2S.C12H10N4OS/c1-34-16-12-30(13-17-34)14-18-35(19-15-30)24-10-8-23(9-11-24)32-29-31-22-26-27(33-29)37(25-6-4-3-5-7-25)36(28(26)38)20-21-39-2;1-21-9-8-18-14(20)12-10-16-15(22-2)17-13(12)19(18)11-6-4-3-5-7-11;1-18-12-13-7-9-10(14-12)16(15-11(9)17)8-5-3-2-4-6-8/h3-11,22H,12-21H2,1-2H3,(H,31,32,33);3-7,10H,8-9H2,1-2H3;2-7H,1H3,(H,15,17). The fraction of sp³-hybridized carbons (Fsp3) is 0.316. The van der Waals surface area contributed by atoms with Crippen LogP contribution in [-0.2, 0) is 22.6 Å². The average molecular weight is 1100 g/mol. The Labute approximate surface area is 464 Å². The number of para-hydroxylation sites is 3. The molecule has 4 aromatic carbocycles. The molecule has 408 valence electrons. The normalized spacial score (nSPS) is 14.3. The second-order valence-electron chi connectivity index (χ2n) is 19.3. The van der Waals surface area contributed by atoms with Gasteiger partial charge in [-0.15, -0.1) is 0 Å². The van der Waals surface area contributed by atoms with Gasteiger partial charge < -0.3 is 24.6 Å². The van der Waals surface area contributed by atoms with Crippen molar-refractivity contribution >= 4 is 73.9 Å². The van der Waals surface area contributed by atoms with Crippen LogP contribution in [0.5, 0.6) is 0 Å². The molecule has 0 atom stereocenters. The van der Waals surface area contributed by atoms with Crippen molar-refractivity contribution in [3.63, 3.8) is 0 Å². The van der Waals surface area contributed by atoms with E-state index in [4.69, 9.17) is 14.5 Å². The van der Waals surface area contributed by atoms with Gasteiger partial charge in [0, 0.05) is 57.3 Å². The molecule has 10 aromatic rings. The molecule has 20 nitrogen and oxygen atoms in total. The highest BCUT2D eigenvalue weighted by atomic mass is 32.2. The maximum atomic E-state index is 13.2. The van der Waals surface area contributed by atoms with Gasteiger partial charge in [-0.25, -0.2) is 48.3 Å². The summed E-state index contributed by atoms with van der Waals surface area (Å²) < 4.78 is 19.0. The lowest BCUT2D eigenvalue weighted by Crippen LogP contribution is -2.46. The zero-order valence-corrected chi connectivity index (χ0v) is 46.5. The van der Waals surface area contributed by atoms with Crippen molar-refractivity contribution < 1.29 is 9.47 Å². The lowest BCUT2D eigenvalue weighted by atomic mass is 9.71. The number of benzene rings is 4. The van der Waals surface area contributed by atoms with E-state index >= 15 is 0 Å². The van der Waals surface area contributed by atoms with Crippen LogP contribution in [0.4, 0.5) is 17.3 Å². The van der Waals surface area contributed by atoms with Gasteiger partial charge >= 0.3 is 0 Å². The van der Waals surface area contributed by atoms with Crippen molar-refractivity contribution in [2.45, 2.75) is 49.1 Å². The first-order chi connectivity index (χ1) is 38.6. The van der Waals surface area contributed by atoms with Crippen molar-refractivity contribution in [2.24, 2.45) is 5.41 Å². The second-order valence-corrected chi connectivity index (χ2v) is 20.9. The number of aromatic nitrogens is 12. The van der Waals surface area contributed by atoms with Crippen LogP contribution >= 0.6 is 23.5 Å². The summed E-state index contributed by atoms with van der Waals surface area (Å²) >= 11 is 2.89. The zero-order valence-electron chi connectivity index (χ0n) is 44.9. The number of thioether (sulfide) groups is 2. The number of nitrogens with zero attached hydrogens (tertiary/aromatic N) is 13. The molecular weight excluding hydrogens is 1040 g/mol. The number of fused-ring (bicyclic) bond motifs is 3. The summed E-state index contributed by atoms with van der Waals surface area (Å²) in [6.07, 6.45) is 13.8. The van der Waals surface area contributed by atoms with Crippen LogP contribution < -0.4 is 26.9 Å². The Morgan fingerprint density at radius 1 is 0.557 bits per heavy atom. The number of rotatable bonds is 14. The minimum absolute atomic E-state index is 0.108. The Hall–Kier alpha value is -7.89. The van der Waals surface area contributed by atoms with Crippen molar-refractivity contribution in [3.8, 4) is 17.1 Å². The van der Waals surface area contributed by atoms with Gasteiger partial charge in [-0.3, -0.25) is 19.5 Å². The smallest absolute Gasteiger partial charge is 0.278 e. The molecule has 0 unspecified atom stereocenters. The van der Waals surface area contributed by atoms with Gasteiger partial charge in [-0.1, -0.05) is 78.1 Å². The van der Waals surface area contributed by atoms with Crippen LogP contribution in [-0.4, -0.2) is 136 Å². The molecule has 1 spiro atoms. The van der Waals surface area contributed by atoms with Crippen LogP contribution in [0.1, 0.15) is 25.7 Å². The lowest BCUT2D eigenvalue weighted by molar-refractivity contribution is 0.0945. The molecule has 2 aliphatic rings. The van der Waals surface area contributed by atoms with Gasteiger partial charge in [0.05, 0.1) is 43.4 Å². The fourth-order valence-electron chi connectivity index (χ4n) is 10.1. The molecule has 0 aliphatic carbocycles.